The second-order valence-corrected chi connectivity index (χ2v) is 6.22. The maximum absolute atomic E-state index is 13.8. The first-order chi connectivity index (χ1) is 12.2. The van der Waals surface area contributed by atoms with Crippen LogP contribution in [0.2, 0.25) is 0 Å². The number of aryl methyl sites for hydroxylation is 1. The summed E-state index contributed by atoms with van der Waals surface area (Å²) in [5.41, 5.74) is 3.14. The summed E-state index contributed by atoms with van der Waals surface area (Å²) >= 11 is 0. The summed E-state index contributed by atoms with van der Waals surface area (Å²) in [5.74, 6) is 0.511. The molecule has 1 amide bonds. The second-order valence-electron chi connectivity index (χ2n) is 6.22. The number of benzene rings is 1. The van der Waals surface area contributed by atoms with Crippen molar-refractivity contribution >= 4 is 5.91 Å². The Kier molecular flexibility index (Phi) is 6.19. The molecule has 3 rings (SSSR count). The monoisotopic (exact) mass is 346 g/mol. The smallest absolute Gasteiger partial charge is 0.260 e. The summed E-state index contributed by atoms with van der Waals surface area (Å²) in [6, 6.07) is 10.2. The minimum atomic E-state index is -0.273. The van der Waals surface area contributed by atoms with E-state index in [1.54, 1.807) is 18.4 Å². The quantitative estimate of drug-likeness (QED) is 0.590. The SMILES string of the molecule is O=C(NOCCCc1ccco1)C1CCCN1Cc1ccccc1F. The molecule has 2 heterocycles. The molecular formula is C19H23FN2O3. The molecule has 5 nitrogen and oxygen atoms in total. The fraction of sp³-hybridized carbons (Fsp3) is 0.421. The Balaban J connectivity index is 1.42. The first-order valence-corrected chi connectivity index (χ1v) is 8.65. The van der Waals surface area contributed by atoms with Crippen molar-refractivity contribution in [2.45, 2.75) is 38.3 Å². The molecule has 134 valence electrons. The van der Waals surface area contributed by atoms with E-state index in [0.29, 0.717) is 18.7 Å². The van der Waals surface area contributed by atoms with Crippen LogP contribution in [0.25, 0.3) is 0 Å². The number of halogens is 1. The van der Waals surface area contributed by atoms with Gasteiger partial charge < -0.3 is 4.42 Å². The average molecular weight is 346 g/mol. The Bertz CT molecular complexity index is 675. The van der Waals surface area contributed by atoms with Gasteiger partial charge in [0.05, 0.1) is 18.9 Å². The van der Waals surface area contributed by atoms with Crippen LogP contribution in [0, 0.1) is 5.82 Å². The van der Waals surface area contributed by atoms with E-state index >= 15 is 0 Å². The largest absolute Gasteiger partial charge is 0.469 e. The number of hydrogen-bond donors (Lipinski definition) is 1. The Morgan fingerprint density at radius 3 is 3.00 bits per heavy atom. The lowest BCUT2D eigenvalue weighted by atomic mass is 10.1. The summed E-state index contributed by atoms with van der Waals surface area (Å²) in [6.45, 7) is 1.64. The van der Waals surface area contributed by atoms with Gasteiger partial charge in [0.25, 0.3) is 5.91 Å². The Morgan fingerprint density at radius 2 is 2.20 bits per heavy atom. The number of furan rings is 1. The van der Waals surface area contributed by atoms with Gasteiger partial charge in [-0.1, -0.05) is 18.2 Å². The fourth-order valence-electron chi connectivity index (χ4n) is 3.12. The number of rotatable bonds is 8. The number of nitrogens with zero attached hydrogens (tertiary/aromatic N) is 1. The molecule has 2 aromatic rings. The number of hydrogen-bond acceptors (Lipinski definition) is 4. The Hall–Kier alpha value is -2.18. The number of carbonyl (C=O) groups excluding carboxylic acids is 1. The molecule has 1 aliphatic rings. The van der Waals surface area contributed by atoms with Crippen molar-refractivity contribution in [3.63, 3.8) is 0 Å². The first kappa shape index (κ1) is 17.6. The lowest BCUT2D eigenvalue weighted by molar-refractivity contribution is -0.138. The molecule has 25 heavy (non-hydrogen) atoms. The molecule has 1 aromatic carbocycles. The summed E-state index contributed by atoms with van der Waals surface area (Å²) in [5, 5.41) is 0. The summed E-state index contributed by atoms with van der Waals surface area (Å²) in [6.07, 6.45) is 4.85. The topological polar surface area (TPSA) is 54.7 Å². The normalized spacial score (nSPS) is 17.7. The van der Waals surface area contributed by atoms with Gasteiger partial charge in [-0.15, -0.1) is 0 Å². The summed E-state index contributed by atoms with van der Waals surface area (Å²) < 4.78 is 19.1. The highest BCUT2D eigenvalue weighted by Gasteiger charge is 2.31. The van der Waals surface area contributed by atoms with E-state index in [9.17, 15) is 9.18 Å². The van der Waals surface area contributed by atoms with Gasteiger partial charge in [-0.2, -0.15) is 0 Å². The van der Waals surface area contributed by atoms with Crippen molar-refractivity contribution in [2.24, 2.45) is 0 Å². The number of likely N-dealkylation sites (tertiary alicyclic amines) is 1. The zero-order valence-corrected chi connectivity index (χ0v) is 14.1. The van der Waals surface area contributed by atoms with Crippen molar-refractivity contribution in [3.05, 3.63) is 59.8 Å². The van der Waals surface area contributed by atoms with E-state index in [1.807, 2.05) is 23.1 Å². The van der Waals surface area contributed by atoms with Gasteiger partial charge in [-0.05, 0) is 44.0 Å². The average Bonchev–Trinajstić information content (AvgIpc) is 3.28. The molecule has 0 saturated carbocycles. The molecule has 1 aromatic heterocycles. The van der Waals surface area contributed by atoms with Crippen molar-refractivity contribution in [2.75, 3.05) is 13.2 Å². The highest BCUT2D eigenvalue weighted by Crippen LogP contribution is 2.21. The lowest BCUT2D eigenvalue weighted by Gasteiger charge is -2.23. The third-order valence-corrected chi connectivity index (χ3v) is 4.42. The molecule has 6 heteroatoms. The van der Waals surface area contributed by atoms with Crippen LogP contribution in [0.15, 0.2) is 47.1 Å². The van der Waals surface area contributed by atoms with Crippen LogP contribution >= 0.6 is 0 Å². The van der Waals surface area contributed by atoms with E-state index in [4.69, 9.17) is 9.25 Å². The van der Waals surface area contributed by atoms with Gasteiger partial charge in [-0.3, -0.25) is 14.5 Å². The van der Waals surface area contributed by atoms with Crippen LogP contribution in [0.4, 0.5) is 4.39 Å². The highest BCUT2D eigenvalue weighted by atomic mass is 19.1. The minimum Gasteiger partial charge on any atom is -0.469 e. The molecule has 0 aliphatic carbocycles. The number of hydroxylamine groups is 1. The van der Waals surface area contributed by atoms with Crippen LogP contribution in [0.5, 0.6) is 0 Å². The van der Waals surface area contributed by atoms with Crippen LogP contribution in [0.1, 0.15) is 30.6 Å². The molecule has 1 saturated heterocycles. The third kappa shape index (κ3) is 4.90. The first-order valence-electron chi connectivity index (χ1n) is 8.65. The maximum atomic E-state index is 13.8. The third-order valence-electron chi connectivity index (χ3n) is 4.42. The van der Waals surface area contributed by atoms with E-state index < -0.39 is 0 Å². The van der Waals surface area contributed by atoms with Crippen molar-refractivity contribution in [3.8, 4) is 0 Å². The zero-order chi connectivity index (χ0) is 17.5. The molecule has 1 atom stereocenters. The highest BCUT2D eigenvalue weighted by molar-refractivity contribution is 5.81. The Labute approximate surface area is 146 Å². The molecule has 1 unspecified atom stereocenters. The van der Waals surface area contributed by atoms with Crippen LogP contribution in [0.3, 0.4) is 0 Å². The van der Waals surface area contributed by atoms with E-state index in [2.05, 4.69) is 5.48 Å². The molecule has 1 fully saturated rings. The number of amides is 1. The van der Waals surface area contributed by atoms with E-state index in [-0.39, 0.29) is 17.8 Å². The van der Waals surface area contributed by atoms with Gasteiger partial charge in [0.2, 0.25) is 0 Å². The molecule has 0 bridgehead atoms. The predicted octanol–water partition coefficient (Wildman–Crippen LogP) is 3.06. The Morgan fingerprint density at radius 1 is 1.32 bits per heavy atom. The van der Waals surface area contributed by atoms with Crippen LogP contribution in [-0.4, -0.2) is 30.0 Å². The van der Waals surface area contributed by atoms with Crippen molar-refractivity contribution in [1.82, 2.24) is 10.4 Å². The van der Waals surface area contributed by atoms with Crippen molar-refractivity contribution < 1.29 is 18.4 Å². The van der Waals surface area contributed by atoms with E-state index in [0.717, 1.165) is 38.0 Å². The number of nitrogens with one attached hydrogen (secondary N) is 1. The van der Waals surface area contributed by atoms with Crippen molar-refractivity contribution in [1.29, 1.82) is 0 Å². The van der Waals surface area contributed by atoms with Crippen LogP contribution in [-0.2, 0) is 22.6 Å². The second kappa shape index (κ2) is 8.78. The molecule has 0 spiro atoms. The maximum Gasteiger partial charge on any atom is 0.260 e. The van der Waals surface area contributed by atoms with Gasteiger partial charge in [0, 0.05) is 18.5 Å². The summed E-state index contributed by atoms with van der Waals surface area (Å²) in [7, 11) is 0. The summed E-state index contributed by atoms with van der Waals surface area (Å²) in [4.78, 5) is 19.6. The van der Waals surface area contributed by atoms with Gasteiger partial charge >= 0.3 is 0 Å². The molecule has 1 aliphatic heterocycles. The molecule has 0 radical (unpaired) electrons. The van der Waals surface area contributed by atoms with Gasteiger partial charge in [-0.25, -0.2) is 9.87 Å². The fourth-order valence-corrected chi connectivity index (χ4v) is 3.12. The van der Waals surface area contributed by atoms with Gasteiger partial charge in [0.15, 0.2) is 0 Å². The molecule has 1 N–H and O–H groups in total. The minimum absolute atomic E-state index is 0.160. The van der Waals surface area contributed by atoms with Gasteiger partial charge in [0.1, 0.15) is 11.6 Å². The van der Waals surface area contributed by atoms with Crippen LogP contribution < -0.4 is 5.48 Å². The predicted molar refractivity (Wildman–Crippen MR) is 91.0 cm³/mol. The number of carbonyl (C=O) groups is 1. The standard InChI is InChI=1S/C19H23FN2O3/c20-17-9-2-1-6-15(17)14-22-11-3-10-18(22)19(23)21-25-13-5-8-16-7-4-12-24-16/h1-2,4,6-7,9,12,18H,3,5,8,10-11,13-14H2,(H,21,23). The van der Waals surface area contributed by atoms with E-state index in [1.165, 1.54) is 6.07 Å². The molecular weight excluding hydrogens is 323 g/mol. The zero-order valence-electron chi connectivity index (χ0n) is 14.1. The lowest BCUT2D eigenvalue weighted by Crippen LogP contribution is -2.43.